The van der Waals surface area contributed by atoms with Crippen LogP contribution in [-0.4, -0.2) is 20.9 Å². The van der Waals surface area contributed by atoms with Gasteiger partial charge in [-0.2, -0.15) is 13.2 Å². The van der Waals surface area contributed by atoms with Gasteiger partial charge in [0.05, 0.1) is 26.9 Å². The molecule has 1 amide bonds. The zero-order valence-corrected chi connectivity index (χ0v) is 19.0. The first-order valence-corrected chi connectivity index (χ1v) is 11.7. The number of carbonyl (C=O) groups is 1. The molecule has 1 N–H and O–H groups in total. The number of rotatable bonds is 7. The summed E-state index contributed by atoms with van der Waals surface area (Å²) in [6.45, 7) is 1.27. The Hall–Kier alpha value is -3.04. The van der Waals surface area contributed by atoms with Gasteiger partial charge in [0.2, 0.25) is 5.91 Å². The van der Waals surface area contributed by atoms with Gasteiger partial charge in [-0.15, -0.1) is 0 Å². The van der Waals surface area contributed by atoms with Crippen LogP contribution in [0.4, 0.5) is 24.5 Å². The number of benzene rings is 3. The van der Waals surface area contributed by atoms with Crippen LogP contribution in [0.15, 0.2) is 77.7 Å². The van der Waals surface area contributed by atoms with Crippen LogP contribution in [-0.2, 0) is 27.4 Å². The lowest BCUT2D eigenvalue weighted by Crippen LogP contribution is -2.38. The summed E-state index contributed by atoms with van der Waals surface area (Å²) in [6, 6.07) is 16.7. The maximum Gasteiger partial charge on any atom is 0.416 e. The molecule has 0 saturated heterocycles. The van der Waals surface area contributed by atoms with E-state index in [2.05, 4.69) is 5.32 Å². The van der Waals surface area contributed by atoms with Crippen molar-refractivity contribution in [1.29, 1.82) is 0 Å². The smallest absolute Gasteiger partial charge is 0.323 e. The molecule has 0 aromatic heterocycles. The predicted octanol–water partition coefficient (Wildman–Crippen LogP) is 5.76. The van der Waals surface area contributed by atoms with Crippen molar-refractivity contribution in [1.82, 2.24) is 0 Å². The summed E-state index contributed by atoms with van der Waals surface area (Å²) in [5, 5.41) is 2.18. The minimum Gasteiger partial charge on any atom is -0.323 e. The van der Waals surface area contributed by atoms with Crippen LogP contribution in [0.2, 0.25) is 5.02 Å². The lowest BCUT2D eigenvalue weighted by atomic mass is 10.1. The summed E-state index contributed by atoms with van der Waals surface area (Å²) < 4.78 is 66.6. The molecule has 0 unspecified atom stereocenters. The first-order chi connectivity index (χ1) is 15.5. The minimum atomic E-state index is -4.63. The summed E-state index contributed by atoms with van der Waals surface area (Å²) >= 11 is 5.95. The van der Waals surface area contributed by atoms with Gasteiger partial charge in [0.15, 0.2) is 0 Å². The third kappa shape index (κ3) is 5.85. The highest BCUT2D eigenvalue weighted by atomic mass is 35.5. The fourth-order valence-corrected chi connectivity index (χ4v) is 4.66. The lowest BCUT2D eigenvalue weighted by molar-refractivity contribution is -0.137. The van der Waals surface area contributed by atoms with Crippen LogP contribution in [0.5, 0.6) is 0 Å². The van der Waals surface area contributed by atoms with Crippen molar-refractivity contribution < 1.29 is 26.4 Å². The fraction of sp³-hybridized carbons (Fsp3) is 0.174. The quantitative estimate of drug-likeness (QED) is 0.452. The second kappa shape index (κ2) is 9.84. The number of hydrogen-bond donors (Lipinski definition) is 1. The summed E-state index contributed by atoms with van der Waals surface area (Å²) in [5.74, 6) is -0.852. The van der Waals surface area contributed by atoms with Gasteiger partial charge in [-0.3, -0.25) is 9.10 Å². The zero-order valence-electron chi connectivity index (χ0n) is 17.4. The monoisotopic (exact) mass is 496 g/mol. The van der Waals surface area contributed by atoms with Gasteiger partial charge >= 0.3 is 6.18 Å². The second-order valence-corrected chi connectivity index (χ2v) is 9.35. The maximum absolute atomic E-state index is 13.3. The Balaban J connectivity index is 1.94. The Morgan fingerprint density at radius 2 is 1.64 bits per heavy atom. The average Bonchev–Trinajstić information content (AvgIpc) is 2.79. The molecular formula is C23H20ClF3N2O3S. The minimum absolute atomic E-state index is 0.0329. The molecule has 5 nitrogen and oxygen atoms in total. The highest BCUT2D eigenvalue weighted by Crippen LogP contribution is 2.34. The van der Waals surface area contributed by atoms with Gasteiger partial charge in [-0.25, -0.2) is 8.42 Å². The third-order valence-electron chi connectivity index (χ3n) is 4.82. The van der Waals surface area contributed by atoms with Crippen LogP contribution >= 0.6 is 11.6 Å². The molecule has 0 radical (unpaired) electrons. The summed E-state index contributed by atoms with van der Waals surface area (Å²) in [4.78, 5) is 12.7. The van der Waals surface area contributed by atoms with E-state index in [1.54, 1.807) is 42.5 Å². The number of halogens is 4. The summed E-state index contributed by atoms with van der Waals surface area (Å²) in [6.07, 6.45) is -3.89. The second-order valence-electron chi connectivity index (χ2n) is 7.09. The fourth-order valence-electron chi connectivity index (χ4n) is 3.05. The lowest BCUT2D eigenvalue weighted by Gasteiger charge is -2.24. The van der Waals surface area contributed by atoms with Crippen molar-refractivity contribution in [3.63, 3.8) is 0 Å². The summed E-state index contributed by atoms with van der Waals surface area (Å²) in [5.41, 5.74) is -0.0571. The number of hydrogen-bond acceptors (Lipinski definition) is 3. The molecule has 0 aliphatic heterocycles. The van der Waals surface area contributed by atoms with Gasteiger partial charge in [0.25, 0.3) is 10.0 Å². The zero-order chi connectivity index (χ0) is 24.2. The van der Waals surface area contributed by atoms with Gasteiger partial charge in [0.1, 0.15) is 6.54 Å². The molecular weight excluding hydrogens is 477 g/mol. The molecule has 33 heavy (non-hydrogen) atoms. The van der Waals surface area contributed by atoms with Crippen molar-refractivity contribution in [3.8, 4) is 0 Å². The largest absolute Gasteiger partial charge is 0.416 e. The van der Waals surface area contributed by atoms with Gasteiger partial charge < -0.3 is 5.32 Å². The van der Waals surface area contributed by atoms with Crippen LogP contribution in [0, 0.1) is 0 Å². The van der Waals surface area contributed by atoms with Crippen molar-refractivity contribution in [2.45, 2.75) is 24.4 Å². The molecule has 0 bridgehead atoms. The van der Waals surface area contributed by atoms with Crippen molar-refractivity contribution in [3.05, 3.63) is 88.9 Å². The van der Waals surface area contributed by atoms with E-state index in [1.165, 1.54) is 12.1 Å². The molecule has 0 aliphatic rings. The number of aryl methyl sites for hydroxylation is 1. The molecule has 0 aliphatic carbocycles. The van der Waals surface area contributed by atoms with Crippen molar-refractivity contribution >= 4 is 38.9 Å². The normalized spacial score (nSPS) is 11.8. The Kier molecular flexibility index (Phi) is 7.34. The first-order valence-electron chi connectivity index (χ1n) is 9.85. The molecule has 0 atom stereocenters. The number of carbonyl (C=O) groups excluding carboxylic acids is 1. The molecule has 3 rings (SSSR count). The van der Waals surface area contributed by atoms with Crippen molar-refractivity contribution in [2.75, 3.05) is 16.2 Å². The van der Waals surface area contributed by atoms with E-state index in [1.807, 2.05) is 6.92 Å². The Bertz CT molecular complexity index is 1230. The van der Waals surface area contributed by atoms with E-state index in [4.69, 9.17) is 11.6 Å². The number of sulfonamides is 1. The van der Waals surface area contributed by atoms with E-state index in [-0.39, 0.29) is 21.3 Å². The molecule has 3 aromatic carbocycles. The van der Waals surface area contributed by atoms with Crippen molar-refractivity contribution in [2.24, 2.45) is 0 Å². The molecule has 0 saturated carbocycles. The van der Waals surface area contributed by atoms with Gasteiger partial charge in [0, 0.05) is 0 Å². The molecule has 0 fully saturated rings. The molecule has 174 valence electrons. The highest BCUT2D eigenvalue weighted by Gasteiger charge is 2.32. The van der Waals surface area contributed by atoms with Crippen LogP contribution in [0.1, 0.15) is 18.1 Å². The summed E-state index contributed by atoms with van der Waals surface area (Å²) in [7, 11) is -4.14. The molecule has 0 heterocycles. The van der Waals surface area contributed by atoms with Crippen LogP contribution in [0.25, 0.3) is 0 Å². The van der Waals surface area contributed by atoms with E-state index < -0.39 is 34.2 Å². The van der Waals surface area contributed by atoms with E-state index >= 15 is 0 Å². The van der Waals surface area contributed by atoms with E-state index in [0.29, 0.717) is 6.07 Å². The maximum atomic E-state index is 13.3. The molecule has 3 aromatic rings. The Labute approximate surface area is 194 Å². The van der Waals surface area contributed by atoms with Crippen LogP contribution < -0.4 is 9.62 Å². The average molecular weight is 497 g/mol. The van der Waals surface area contributed by atoms with Crippen LogP contribution in [0.3, 0.4) is 0 Å². The van der Waals surface area contributed by atoms with Gasteiger partial charge in [-0.05, 0) is 54.4 Å². The van der Waals surface area contributed by atoms with E-state index in [0.717, 1.165) is 28.4 Å². The third-order valence-corrected chi connectivity index (χ3v) is 6.94. The number of nitrogens with zero attached hydrogens (tertiary/aromatic N) is 1. The number of anilines is 2. The number of nitrogens with one attached hydrogen (secondary N) is 1. The Morgan fingerprint density at radius 1 is 1.00 bits per heavy atom. The highest BCUT2D eigenvalue weighted by molar-refractivity contribution is 7.92. The first kappa shape index (κ1) is 24.6. The Morgan fingerprint density at radius 3 is 2.21 bits per heavy atom. The SMILES string of the molecule is CCc1ccc(N(CC(=O)Nc2cc(C(F)(F)F)ccc2Cl)S(=O)(=O)c2ccccc2)cc1. The topological polar surface area (TPSA) is 66.5 Å². The number of alkyl halides is 3. The van der Waals surface area contributed by atoms with Gasteiger partial charge in [-0.1, -0.05) is 48.9 Å². The molecule has 10 heteroatoms. The number of amides is 1. The standard InChI is InChI=1S/C23H20ClF3N2O3S/c1-2-16-8-11-18(12-9-16)29(33(31,32)19-6-4-3-5-7-19)15-22(30)28-21-14-17(23(25,26)27)10-13-20(21)24/h3-14H,2,15H2,1H3,(H,28,30). The molecule has 0 spiro atoms. The predicted molar refractivity (Wildman–Crippen MR) is 122 cm³/mol. The van der Waals surface area contributed by atoms with E-state index in [9.17, 15) is 26.4 Å².